The number of piperidine rings is 1. The number of carbonyl (C=O) groups is 3. The second kappa shape index (κ2) is 13.5. The van der Waals surface area contributed by atoms with Crippen molar-refractivity contribution in [3.8, 4) is 0 Å². The van der Waals surface area contributed by atoms with Gasteiger partial charge in [-0.25, -0.2) is 0 Å². The zero-order valence-electron chi connectivity index (χ0n) is 17.6. The van der Waals surface area contributed by atoms with Crippen LogP contribution in [0.3, 0.4) is 0 Å². The molecule has 3 atom stereocenters. The van der Waals surface area contributed by atoms with Gasteiger partial charge in [0, 0.05) is 44.1 Å². The highest BCUT2D eigenvalue weighted by molar-refractivity contribution is 5.94. The maximum Gasteiger partial charge on any atom is 0.290 e. The number of pyridine rings is 1. The molecule has 0 aromatic carbocycles. The number of aromatic nitrogens is 1. The number of morpholine rings is 1. The smallest absolute Gasteiger partial charge is 0.290 e. The van der Waals surface area contributed by atoms with Gasteiger partial charge < -0.3 is 24.7 Å². The number of fused-ring (bicyclic) bond motifs is 1. The van der Waals surface area contributed by atoms with Gasteiger partial charge in [-0.3, -0.25) is 19.4 Å². The molecule has 3 heterocycles. The Morgan fingerprint density at radius 3 is 2.48 bits per heavy atom. The third kappa shape index (κ3) is 7.45. The van der Waals surface area contributed by atoms with Crippen molar-refractivity contribution in [1.82, 2.24) is 14.8 Å². The molecular weight excluding hydrogens is 402 g/mol. The molecule has 9 heteroatoms. The molecule has 1 aromatic heterocycles. The number of ether oxygens (including phenoxy) is 1. The number of amides is 1. The van der Waals surface area contributed by atoms with Gasteiger partial charge in [0.1, 0.15) is 0 Å². The largest absolute Gasteiger partial charge is 0.483 e. The highest BCUT2D eigenvalue weighted by Gasteiger charge is 2.39. The predicted molar refractivity (Wildman–Crippen MR) is 114 cm³/mol. The van der Waals surface area contributed by atoms with E-state index in [0.717, 1.165) is 37.5 Å². The molecule has 1 aromatic rings. The summed E-state index contributed by atoms with van der Waals surface area (Å²) in [5.41, 5.74) is 0.727. The van der Waals surface area contributed by atoms with Crippen LogP contribution in [0.5, 0.6) is 0 Å². The summed E-state index contributed by atoms with van der Waals surface area (Å²) in [6.45, 7) is 3.99. The molecule has 4 rings (SSSR count). The molecule has 170 valence electrons. The average Bonchev–Trinajstić information content (AvgIpc) is 2.80. The summed E-state index contributed by atoms with van der Waals surface area (Å²) in [5, 5.41) is 13.8. The molecule has 0 radical (unpaired) electrons. The lowest BCUT2D eigenvalue weighted by Gasteiger charge is -2.47. The van der Waals surface area contributed by atoms with E-state index >= 15 is 0 Å². The first-order chi connectivity index (χ1) is 15.1. The fourth-order valence-corrected chi connectivity index (χ4v) is 4.40. The van der Waals surface area contributed by atoms with Crippen molar-refractivity contribution in [1.29, 1.82) is 0 Å². The van der Waals surface area contributed by atoms with Crippen molar-refractivity contribution in [2.24, 2.45) is 5.92 Å². The molecule has 1 aliphatic carbocycles. The van der Waals surface area contributed by atoms with E-state index in [2.05, 4.69) is 22.0 Å². The van der Waals surface area contributed by atoms with Gasteiger partial charge in [0.25, 0.3) is 18.9 Å². The summed E-state index contributed by atoms with van der Waals surface area (Å²) in [6, 6.07) is 3.78. The number of hydrogen-bond donors (Lipinski definition) is 2. The maximum atomic E-state index is 13.0. The Morgan fingerprint density at radius 2 is 1.84 bits per heavy atom. The van der Waals surface area contributed by atoms with Crippen molar-refractivity contribution in [2.45, 2.75) is 37.8 Å². The number of carbonyl (C=O) groups excluding carboxylic acids is 1. The van der Waals surface area contributed by atoms with Crippen LogP contribution in [0, 0.1) is 5.92 Å². The SMILES string of the molecule is O=C(c1ccncc1)N1CCO[C@H]2CCN(CC3CC=CCC3)C[C@@H]21.O=CO.O=CO. The van der Waals surface area contributed by atoms with Crippen molar-refractivity contribution < 1.29 is 29.3 Å². The summed E-state index contributed by atoms with van der Waals surface area (Å²) in [6.07, 6.45) is 12.9. The molecule has 2 saturated heterocycles. The normalized spacial score (nSPS) is 25.0. The molecule has 1 unspecified atom stereocenters. The van der Waals surface area contributed by atoms with E-state index < -0.39 is 0 Å². The van der Waals surface area contributed by atoms with Gasteiger partial charge >= 0.3 is 0 Å². The number of likely N-dealkylation sites (tertiary alicyclic amines) is 1. The van der Waals surface area contributed by atoms with Gasteiger partial charge in [0.05, 0.1) is 18.8 Å². The Morgan fingerprint density at radius 1 is 1.13 bits per heavy atom. The lowest BCUT2D eigenvalue weighted by Crippen LogP contribution is -2.61. The second-order valence-electron chi connectivity index (χ2n) is 7.62. The second-order valence-corrected chi connectivity index (χ2v) is 7.62. The van der Waals surface area contributed by atoms with Crippen LogP contribution in [0.25, 0.3) is 0 Å². The zero-order valence-corrected chi connectivity index (χ0v) is 17.6. The molecule has 1 amide bonds. The van der Waals surface area contributed by atoms with Crippen molar-refractivity contribution in [3.05, 3.63) is 42.2 Å². The fourth-order valence-electron chi connectivity index (χ4n) is 4.40. The Balaban J connectivity index is 0.000000513. The van der Waals surface area contributed by atoms with Crippen LogP contribution in [0.2, 0.25) is 0 Å². The quantitative estimate of drug-likeness (QED) is 0.546. The van der Waals surface area contributed by atoms with E-state index in [1.807, 2.05) is 17.0 Å². The summed E-state index contributed by atoms with van der Waals surface area (Å²) in [4.78, 5) is 38.3. The first-order valence-electron chi connectivity index (χ1n) is 10.5. The van der Waals surface area contributed by atoms with Crippen LogP contribution >= 0.6 is 0 Å². The van der Waals surface area contributed by atoms with E-state index in [-0.39, 0.29) is 31.0 Å². The summed E-state index contributed by atoms with van der Waals surface area (Å²) in [7, 11) is 0. The molecular formula is C22H31N3O6. The van der Waals surface area contributed by atoms with Gasteiger partial charge in [-0.1, -0.05) is 12.2 Å². The van der Waals surface area contributed by atoms with Crippen LogP contribution < -0.4 is 0 Å². The molecule has 3 aliphatic rings. The molecule has 0 saturated carbocycles. The van der Waals surface area contributed by atoms with Gasteiger partial charge in [-0.05, 0) is 43.7 Å². The van der Waals surface area contributed by atoms with Gasteiger partial charge in [0.2, 0.25) is 0 Å². The third-order valence-corrected chi connectivity index (χ3v) is 5.75. The van der Waals surface area contributed by atoms with Gasteiger partial charge in [0.15, 0.2) is 0 Å². The van der Waals surface area contributed by atoms with E-state index in [1.165, 1.54) is 19.3 Å². The zero-order chi connectivity index (χ0) is 22.5. The third-order valence-electron chi connectivity index (χ3n) is 5.75. The fraction of sp³-hybridized carbons (Fsp3) is 0.545. The number of carboxylic acid groups (broad SMARTS) is 2. The van der Waals surface area contributed by atoms with Crippen molar-refractivity contribution in [3.63, 3.8) is 0 Å². The monoisotopic (exact) mass is 433 g/mol. The van der Waals surface area contributed by atoms with Gasteiger partial charge in [-0.2, -0.15) is 0 Å². The summed E-state index contributed by atoms with van der Waals surface area (Å²) < 4.78 is 5.99. The van der Waals surface area contributed by atoms with Crippen LogP contribution in [0.15, 0.2) is 36.7 Å². The lowest BCUT2D eigenvalue weighted by molar-refractivity contribution is -0.123. The van der Waals surface area contributed by atoms with Crippen molar-refractivity contribution >= 4 is 18.9 Å². The number of rotatable bonds is 3. The first-order valence-corrected chi connectivity index (χ1v) is 10.5. The number of allylic oxidation sites excluding steroid dienone is 2. The maximum absolute atomic E-state index is 13.0. The van der Waals surface area contributed by atoms with Crippen LogP contribution in [0.4, 0.5) is 0 Å². The lowest BCUT2D eigenvalue weighted by atomic mass is 9.91. The molecule has 2 N–H and O–H groups in total. The molecule has 31 heavy (non-hydrogen) atoms. The summed E-state index contributed by atoms with van der Waals surface area (Å²) in [5.74, 6) is 0.874. The standard InChI is InChI=1S/C20H27N3O2.2CH2O2/c24-20(17-6-9-21-10-7-17)23-12-13-25-19-8-11-22(15-18(19)23)14-16-4-2-1-3-5-16;2*2-1-3/h1-2,6-7,9-10,16,18-19H,3-5,8,11-15H2;2*1H,(H,2,3)/t16?,18-,19-;;/m0../s1. The Bertz CT molecular complexity index is 708. The van der Waals surface area contributed by atoms with Crippen LogP contribution in [-0.4, -0.2) is 88.8 Å². The van der Waals surface area contributed by atoms with E-state index in [1.54, 1.807) is 12.4 Å². The van der Waals surface area contributed by atoms with E-state index in [0.29, 0.717) is 13.2 Å². The molecule has 0 bridgehead atoms. The van der Waals surface area contributed by atoms with E-state index in [9.17, 15) is 4.79 Å². The Hall–Kier alpha value is -2.78. The number of hydrogen-bond acceptors (Lipinski definition) is 6. The highest BCUT2D eigenvalue weighted by atomic mass is 16.5. The molecule has 0 spiro atoms. The topological polar surface area (TPSA) is 120 Å². The Labute approximate surface area is 182 Å². The number of nitrogens with zero attached hydrogens (tertiary/aromatic N) is 3. The highest BCUT2D eigenvalue weighted by Crippen LogP contribution is 2.27. The minimum atomic E-state index is -0.250. The van der Waals surface area contributed by atoms with Crippen LogP contribution in [-0.2, 0) is 14.3 Å². The predicted octanol–water partition coefficient (Wildman–Crippen LogP) is 1.75. The average molecular weight is 434 g/mol. The molecule has 2 aliphatic heterocycles. The van der Waals surface area contributed by atoms with Gasteiger partial charge in [-0.15, -0.1) is 0 Å². The van der Waals surface area contributed by atoms with Crippen molar-refractivity contribution in [2.75, 3.05) is 32.8 Å². The van der Waals surface area contributed by atoms with E-state index in [4.69, 9.17) is 24.5 Å². The van der Waals surface area contributed by atoms with Crippen LogP contribution in [0.1, 0.15) is 36.0 Å². The molecule has 2 fully saturated rings. The molecule has 9 nitrogen and oxygen atoms in total. The summed E-state index contributed by atoms with van der Waals surface area (Å²) >= 11 is 0. The first kappa shape index (κ1) is 24.5. The minimum absolute atomic E-state index is 0.114. The Kier molecular flexibility index (Phi) is 10.7. The minimum Gasteiger partial charge on any atom is -0.483 e.